The average Bonchev–Trinajstić information content (AvgIpc) is 2.47. The van der Waals surface area contributed by atoms with Crippen LogP contribution in [0.5, 0.6) is 5.75 Å². The van der Waals surface area contributed by atoms with E-state index >= 15 is 0 Å². The Hall–Kier alpha value is -1.62. The predicted molar refractivity (Wildman–Crippen MR) is 79.6 cm³/mol. The number of rotatable bonds is 4. The van der Waals surface area contributed by atoms with E-state index in [4.69, 9.17) is 4.74 Å². The van der Waals surface area contributed by atoms with Crippen molar-refractivity contribution < 1.29 is 13.9 Å². The highest BCUT2D eigenvalue weighted by Crippen LogP contribution is 2.30. The van der Waals surface area contributed by atoms with Gasteiger partial charge in [0.05, 0.1) is 7.11 Å². The molecule has 0 radical (unpaired) electrons. The first-order chi connectivity index (χ1) is 9.96. The van der Waals surface area contributed by atoms with Crippen LogP contribution in [0.1, 0.15) is 25.3 Å². The predicted octanol–water partition coefficient (Wildman–Crippen LogP) is 2.18. The number of nitrogens with one attached hydrogen (secondary N) is 1. The van der Waals surface area contributed by atoms with E-state index in [0.717, 1.165) is 31.5 Å². The fourth-order valence-corrected chi connectivity index (χ4v) is 2.81. The summed E-state index contributed by atoms with van der Waals surface area (Å²) in [5.41, 5.74) is 0.451. The molecule has 0 atom stereocenters. The maximum absolute atomic E-state index is 13.7. The van der Waals surface area contributed by atoms with E-state index in [1.807, 2.05) is 6.92 Å². The minimum absolute atomic E-state index is 0.125. The van der Waals surface area contributed by atoms with Crippen LogP contribution in [0.2, 0.25) is 0 Å². The molecule has 4 nitrogen and oxygen atoms in total. The third-order valence-electron chi connectivity index (χ3n) is 4.21. The van der Waals surface area contributed by atoms with Crippen molar-refractivity contribution in [1.29, 1.82) is 0 Å². The first-order valence-electron chi connectivity index (χ1n) is 7.25. The van der Waals surface area contributed by atoms with Crippen molar-refractivity contribution in [2.24, 2.45) is 5.41 Å². The topological polar surface area (TPSA) is 41.6 Å². The lowest BCUT2D eigenvalue weighted by atomic mass is 9.79. The molecule has 1 aromatic rings. The third kappa shape index (κ3) is 3.53. The van der Waals surface area contributed by atoms with Crippen molar-refractivity contribution in [3.05, 3.63) is 29.6 Å². The average molecular weight is 294 g/mol. The summed E-state index contributed by atoms with van der Waals surface area (Å²) in [6, 6.07) is 4.80. The summed E-state index contributed by atoms with van der Waals surface area (Å²) in [6.45, 7) is 4.16. The second-order valence-electron chi connectivity index (χ2n) is 5.94. The molecule has 1 aliphatic heterocycles. The SMILES string of the molecule is COc1ccc(CN(C)C(=O)C2(C)CCNCC2)cc1F. The van der Waals surface area contributed by atoms with E-state index in [2.05, 4.69) is 5.32 Å². The van der Waals surface area contributed by atoms with Crippen molar-refractivity contribution in [1.82, 2.24) is 10.2 Å². The number of nitrogens with zero attached hydrogens (tertiary/aromatic N) is 1. The molecule has 1 heterocycles. The van der Waals surface area contributed by atoms with Crippen LogP contribution in [-0.4, -0.2) is 38.1 Å². The number of methoxy groups -OCH3 is 1. The van der Waals surface area contributed by atoms with Gasteiger partial charge in [0, 0.05) is 19.0 Å². The first kappa shape index (κ1) is 15.8. The summed E-state index contributed by atoms with van der Waals surface area (Å²) in [5.74, 6) is -0.0535. The van der Waals surface area contributed by atoms with Gasteiger partial charge in [0.1, 0.15) is 0 Å². The Morgan fingerprint density at radius 3 is 2.67 bits per heavy atom. The molecular formula is C16H23FN2O2. The number of piperidine rings is 1. The molecule has 0 aliphatic carbocycles. The van der Waals surface area contributed by atoms with E-state index in [0.29, 0.717) is 6.54 Å². The lowest BCUT2D eigenvalue weighted by Gasteiger charge is -2.36. The van der Waals surface area contributed by atoms with Crippen LogP contribution in [0.3, 0.4) is 0 Å². The molecule has 116 valence electrons. The second-order valence-corrected chi connectivity index (χ2v) is 5.94. The van der Waals surface area contributed by atoms with Gasteiger partial charge in [0.25, 0.3) is 0 Å². The highest BCUT2D eigenvalue weighted by Gasteiger charge is 2.36. The molecule has 5 heteroatoms. The van der Waals surface area contributed by atoms with Gasteiger partial charge in [-0.1, -0.05) is 13.0 Å². The number of carbonyl (C=O) groups excluding carboxylic acids is 1. The number of carbonyl (C=O) groups is 1. The van der Waals surface area contributed by atoms with Crippen LogP contribution >= 0.6 is 0 Å². The minimum Gasteiger partial charge on any atom is -0.494 e. The zero-order valence-corrected chi connectivity index (χ0v) is 12.9. The monoisotopic (exact) mass is 294 g/mol. The quantitative estimate of drug-likeness (QED) is 0.925. The Morgan fingerprint density at radius 1 is 1.43 bits per heavy atom. The molecule has 0 aromatic heterocycles. The Bertz CT molecular complexity index is 513. The van der Waals surface area contributed by atoms with Crippen molar-refractivity contribution >= 4 is 5.91 Å². The maximum Gasteiger partial charge on any atom is 0.228 e. The summed E-state index contributed by atoms with van der Waals surface area (Å²) in [7, 11) is 3.21. The number of hydrogen-bond acceptors (Lipinski definition) is 3. The Morgan fingerprint density at radius 2 is 2.10 bits per heavy atom. The van der Waals surface area contributed by atoms with Crippen LogP contribution in [0.15, 0.2) is 18.2 Å². The van der Waals surface area contributed by atoms with Crippen LogP contribution < -0.4 is 10.1 Å². The molecule has 1 aromatic carbocycles. The van der Waals surface area contributed by atoms with Gasteiger partial charge in [-0.2, -0.15) is 0 Å². The van der Waals surface area contributed by atoms with Crippen molar-refractivity contribution in [2.45, 2.75) is 26.3 Å². The van der Waals surface area contributed by atoms with E-state index in [1.165, 1.54) is 13.2 Å². The summed E-state index contributed by atoms with van der Waals surface area (Å²) in [5, 5.41) is 3.27. The molecule has 0 bridgehead atoms. The summed E-state index contributed by atoms with van der Waals surface area (Å²) in [4.78, 5) is 14.3. The first-order valence-corrected chi connectivity index (χ1v) is 7.25. The van der Waals surface area contributed by atoms with E-state index in [1.54, 1.807) is 24.1 Å². The molecule has 1 aliphatic rings. The molecule has 21 heavy (non-hydrogen) atoms. The zero-order chi connectivity index (χ0) is 15.5. The highest BCUT2D eigenvalue weighted by molar-refractivity contribution is 5.82. The van der Waals surface area contributed by atoms with E-state index in [9.17, 15) is 9.18 Å². The smallest absolute Gasteiger partial charge is 0.228 e. The van der Waals surface area contributed by atoms with Gasteiger partial charge in [-0.05, 0) is 43.6 Å². The van der Waals surface area contributed by atoms with Crippen LogP contribution in [0.4, 0.5) is 4.39 Å². The maximum atomic E-state index is 13.7. The van der Waals surface area contributed by atoms with E-state index < -0.39 is 5.82 Å². The minimum atomic E-state index is -0.399. The molecular weight excluding hydrogens is 271 g/mol. The Balaban J connectivity index is 2.05. The fourth-order valence-electron chi connectivity index (χ4n) is 2.81. The molecule has 1 amide bonds. The van der Waals surface area contributed by atoms with Gasteiger partial charge in [0.2, 0.25) is 5.91 Å². The van der Waals surface area contributed by atoms with E-state index in [-0.39, 0.29) is 17.1 Å². The molecule has 0 spiro atoms. The molecule has 1 saturated heterocycles. The lowest BCUT2D eigenvalue weighted by molar-refractivity contribution is -0.141. The van der Waals surface area contributed by atoms with Gasteiger partial charge in [-0.3, -0.25) is 4.79 Å². The Kier molecular flexibility index (Phi) is 4.83. The molecule has 0 unspecified atom stereocenters. The Labute approximate surface area is 125 Å². The zero-order valence-electron chi connectivity index (χ0n) is 12.9. The molecule has 1 fully saturated rings. The van der Waals surface area contributed by atoms with Gasteiger partial charge in [-0.15, -0.1) is 0 Å². The number of benzene rings is 1. The fraction of sp³-hybridized carbons (Fsp3) is 0.562. The third-order valence-corrected chi connectivity index (χ3v) is 4.21. The number of halogens is 1. The summed E-state index contributed by atoms with van der Waals surface area (Å²) < 4.78 is 18.6. The second kappa shape index (κ2) is 6.43. The van der Waals surface area contributed by atoms with Crippen LogP contribution in [-0.2, 0) is 11.3 Å². The lowest BCUT2D eigenvalue weighted by Crippen LogP contribution is -2.46. The number of amides is 1. The van der Waals surface area contributed by atoms with Crippen LogP contribution in [0.25, 0.3) is 0 Å². The standard InChI is InChI=1S/C16H23FN2O2/c1-16(6-8-18-9-7-16)15(20)19(2)11-12-4-5-14(21-3)13(17)10-12/h4-5,10,18H,6-9,11H2,1-3H3. The van der Waals surface area contributed by atoms with Gasteiger partial charge in [0.15, 0.2) is 11.6 Å². The van der Waals surface area contributed by atoms with Gasteiger partial charge < -0.3 is 15.0 Å². The van der Waals surface area contributed by atoms with Crippen molar-refractivity contribution in [3.63, 3.8) is 0 Å². The molecule has 2 rings (SSSR count). The number of ether oxygens (including phenoxy) is 1. The summed E-state index contributed by atoms with van der Waals surface area (Å²) >= 11 is 0. The molecule has 0 saturated carbocycles. The summed E-state index contributed by atoms with van der Waals surface area (Å²) in [6.07, 6.45) is 1.68. The van der Waals surface area contributed by atoms with Crippen molar-refractivity contribution in [2.75, 3.05) is 27.2 Å². The van der Waals surface area contributed by atoms with Gasteiger partial charge in [-0.25, -0.2) is 4.39 Å². The largest absolute Gasteiger partial charge is 0.494 e. The van der Waals surface area contributed by atoms with Gasteiger partial charge >= 0.3 is 0 Å². The highest BCUT2D eigenvalue weighted by atomic mass is 19.1. The normalized spacial score (nSPS) is 17.3. The number of hydrogen-bond donors (Lipinski definition) is 1. The molecule has 1 N–H and O–H groups in total. The van der Waals surface area contributed by atoms with Crippen LogP contribution in [0, 0.1) is 11.2 Å². The van der Waals surface area contributed by atoms with Crippen molar-refractivity contribution in [3.8, 4) is 5.75 Å².